The van der Waals surface area contributed by atoms with Crippen LogP contribution in [0.15, 0.2) is 42.6 Å². The molecule has 0 N–H and O–H groups in total. The first-order chi connectivity index (χ1) is 8.83. The van der Waals surface area contributed by atoms with Gasteiger partial charge in [0.05, 0.1) is 0 Å². The lowest BCUT2D eigenvalue weighted by Crippen LogP contribution is -1.97. The highest BCUT2D eigenvalue weighted by Crippen LogP contribution is 2.26. The maximum absolute atomic E-state index is 9.33. The van der Waals surface area contributed by atoms with Crippen LogP contribution in [-0.4, -0.2) is 4.57 Å². The van der Waals surface area contributed by atoms with E-state index in [0.717, 1.165) is 29.4 Å². The van der Waals surface area contributed by atoms with Gasteiger partial charge in [-0.1, -0.05) is 31.2 Å². The maximum atomic E-state index is 9.33. The minimum Gasteiger partial charge on any atom is -0.338 e. The van der Waals surface area contributed by atoms with Crippen molar-refractivity contribution in [1.29, 1.82) is 5.26 Å². The van der Waals surface area contributed by atoms with Gasteiger partial charge in [0.15, 0.2) is 0 Å². The largest absolute Gasteiger partial charge is 0.338 e. The minimum atomic E-state index is 0.776. The molecule has 0 amide bonds. The van der Waals surface area contributed by atoms with Crippen LogP contribution in [0.1, 0.15) is 19.0 Å². The van der Waals surface area contributed by atoms with Crippen molar-refractivity contribution < 1.29 is 0 Å². The molecule has 0 saturated heterocycles. The number of fused-ring (bicyclic) bond motifs is 2. The van der Waals surface area contributed by atoms with Crippen LogP contribution in [0.25, 0.3) is 21.5 Å². The summed E-state index contributed by atoms with van der Waals surface area (Å²) < 4.78 is 2.06. The van der Waals surface area contributed by atoms with Crippen molar-refractivity contribution in [2.24, 2.45) is 0 Å². The van der Waals surface area contributed by atoms with Gasteiger partial charge in [-0.3, -0.25) is 0 Å². The Morgan fingerprint density at radius 2 is 1.83 bits per heavy atom. The topological polar surface area (TPSA) is 28.7 Å². The van der Waals surface area contributed by atoms with Gasteiger partial charge in [0.1, 0.15) is 11.8 Å². The molecule has 3 aromatic rings. The summed E-state index contributed by atoms with van der Waals surface area (Å²) in [5.74, 6) is 0. The van der Waals surface area contributed by atoms with E-state index in [-0.39, 0.29) is 0 Å². The summed E-state index contributed by atoms with van der Waals surface area (Å²) in [6.45, 7) is 3.02. The fraction of sp³-hybridized carbons (Fsp3) is 0.188. The number of rotatable bonds is 2. The van der Waals surface area contributed by atoms with Crippen LogP contribution >= 0.6 is 0 Å². The van der Waals surface area contributed by atoms with Gasteiger partial charge in [-0.05, 0) is 29.3 Å². The lowest BCUT2D eigenvalue weighted by Gasteiger charge is -2.00. The zero-order valence-electron chi connectivity index (χ0n) is 10.4. The average molecular weight is 234 g/mol. The predicted molar refractivity (Wildman–Crippen MR) is 74.5 cm³/mol. The minimum absolute atomic E-state index is 0.776. The molecule has 2 nitrogen and oxygen atoms in total. The first kappa shape index (κ1) is 10.9. The maximum Gasteiger partial charge on any atom is 0.128 e. The molecule has 3 rings (SSSR count). The van der Waals surface area contributed by atoms with Gasteiger partial charge in [0.2, 0.25) is 0 Å². The molecule has 2 aromatic carbocycles. The molecular formula is C16H14N2. The van der Waals surface area contributed by atoms with E-state index >= 15 is 0 Å². The van der Waals surface area contributed by atoms with Crippen molar-refractivity contribution in [2.45, 2.75) is 19.9 Å². The molecule has 0 fully saturated rings. The smallest absolute Gasteiger partial charge is 0.128 e. The first-order valence-corrected chi connectivity index (χ1v) is 6.25. The normalized spacial score (nSPS) is 10.9. The summed E-state index contributed by atoms with van der Waals surface area (Å²) in [5.41, 5.74) is 0.776. The van der Waals surface area contributed by atoms with Crippen molar-refractivity contribution in [3.63, 3.8) is 0 Å². The second kappa shape index (κ2) is 4.19. The fourth-order valence-electron chi connectivity index (χ4n) is 2.50. The van der Waals surface area contributed by atoms with E-state index in [1.54, 1.807) is 0 Å². The molecule has 0 aliphatic heterocycles. The van der Waals surface area contributed by atoms with Crippen molar-refractivity contribution in [2.75, 3.05) is 0 Å². The van der Waals surface area contributed by atoms with Crippen LogP contribution in [0.3, 0.4) is 0 Å². The molecule has 2 heteroatoms. The third-order valence-corrected chi connectivity index (χ3v) is 3.33. The highest BCUT2D eigenvalue weighted by atomic mass is 15.0. The zero-order valence-corrected chi connectivity index (χ0v) is 10.4. The summed E-state index contributed by atoms with van der Waals surface area (Å²) in [7, 11) is 0. The van der Waals surface area contributed by atoms with Crippen LogP contribution in [-0.2, 0) is 6.54 Å². The van der Waals surface area contributed by atoms with E-state index in [4.69, 9.17) is 0 Å². The Morgan fingerprint density at radius 3 is 2.50 bits per heavy atom. The quantitative estimate of drug-likeness (QED) is 0.657. The molecular weight excluding hydrogens is 220 g/mol. The number of aromatic nitrogens is 1. The number of benzene rings is 2. The Kier molecular flexibility index (Phi) is 2.53. The van der Waals surface area contributed by atoms with E-state index in [1.807, 2.05) is 12.1 Å². The van der Waals surface area contributed by atoms with Gasteiger partial charge < -0.3 is 4.57 Å². The highest BCUT2D eigenvalue weighted by Gasteiger charge is 2.09. The van der Waals surface area contributed by atoms with Crippen molar-refractivity contribution in [1.82, 2.24) is 4.57 Å². The van der Waals surface area contributed by atoms with Crippen molar-refractivity contribution in [3.8, 4) is 6.07 Å². The van der Waals surface area contributed by atoms with Crippen LogP contribution in [0.4, 0.5) is 0 Å². The average Bonchev–Trinajstić information content (AvgIpc) is 2.72. The predicted octanol–water partition coefficient (Wildman–Crippen LogP) is 4.08. The second-order valence-electron chi connectivity index (χ2n) is 4.57. The van der Waals surface area contributed by atoms with Crippen LogP contribution in [0.5, 0.6) is 0 Å². The van der Waals surface area contributed by atoms with E-state index in [9.17, 15) is 5.26 Å². The van der Waals surface area contributed by atoms with Crippen molar-refractivity contribution in [3.05, 3.63) is 48.3 Å². The molecule has 0 saturated carbocycles. The monoisotopic (exact) mass is 234 g/mol. The zero-order chi connectivity index (χ0) is 12.5. The van der Waals surface area contributed by atoms with Gasteiger partial charge in [-0.2, -0.15) is 5.26 Å². The molecule has 0 bridgehead atoms. The number of nitrogens with zero attached hydrogens (tertiary/aromatic N) is 2. The SMILES string of the molecule is CCCn1cc2cc3ccccc3cc2c1C#N. The lowest BCUT2D eigenvalue weighted by molar-refractivity contribution is 0.678. The Morgan fingerprint density at radius 1 is 1.11 bits per heavy atom. The molecule has 0 unspecified atom stereocenters. The molecule has 0 aliphatic carbocycles. The molecule has 0 spiro atoms. The molecule has 0 radical (unpaired) electrons. The van der Waals surface area contributed by atoms with Gasteiger partial charge in [-0.15, -0.1) is 0 Å². The Balaban J connectivity index is 2.37. The van der Waals surface area contributed by atoms with Gasteiger partial charge >= 0.3 is 0 Å². The van der Waals surface area contributed by atoms with Crippen molar-refractivity contribution >= 4 is 21.5 Å². The number of hydrogen-bond donors (Lipinski definition) is 0. The van der Waals surface area contributed by atoms with Crippen LogP contribution in [0.2, 0.25) is 0 Å². The van der Waals surface area contributed by atoms with E-state index in [0.29, 0.717) is 0 Å². The summed E-state index contributed by atoms with van der Waals surface area (Å²) in [6, 6.07) is 14.9. The van der Waals surface area contributed by atoms with Crippen LogP contribution in [0, 0.1) is 11.3 Å². The standard InChI is InChI=1S/C16H14N2/c1-2-7-18-11-14-8-12-5-3-4-6-13(12)9-15(14)16(18)10-17/h3-6,8-9,11H,2,7H2,1H3. The Hall–Kier alpha value is -2.27. The molecule has 0 aliphatic rings. The summed E-state index contributed by atoms with van der Waals surface area (Å²) >= 11 is 0. The van der Waals surface area contributed by atoms with Gasteiger partial charge in [0, 0.05) is 23.5 Å². The number of nitriles is 1. The van der Waals surface area contributed by atoms with Gasteiger partial charge in [-0.25, -0.2) is 0 Å². The second-order valence-corrected chi connectivity index (χ2v) is 4.57. The van der Waals surface area contributed by atoms with E-state index in [2.05, 4.69) is 48.0 Å². The first-order valence-electron chi connectivity index (χ1n) is 6.25. The highest BCUT2D eigenvalue weighted by molar-refractivity contribution is 6.00. The molecule has 1 heterocycles. The Labute approximate surface area is 106 Å². The Bertz CT molecular complexity index is 760. The van der Waals surface area contributed by atoms with E-state index < -0.39 is 0 Å². The summed E-state index contributed by atoms with van der Waals surface area (Å²) in [4.78, 5) is 0. The number of aryl methyl sites for hydroxylation is 1. The van der Waals surface area contributed by atoms with Gasteiger partial charge in [0.25, 0.3) is 0 Å². The fourth-order valence-corrected chi connectivity index (χ4v) is 2.50. The molecule has 88 valence electrons. The molecule has 0 atom stereocenters. The third-order valence-electron chi connectivity index (χ3n) is 3.33. The number of hydrogen-bond acceptors (Lipinski definition) is 1. The summed E-state index contributed by atoms with van der Waals surface area (Å²) in [6.07, 6.45) is 3.12. The molecule has 18 heavy (non-hydrogen) atoms. The lowest BCUT2D eigenvalue weighted by atomic mass is 10.1. The molecule has 1 aromatic heterocycles. The third kappa shape index (κ3) is 1.56. The van der Waals surface area contributed by atoms with E-state index in [1.165, 1.54) is 10.8 Å². The summed E-state index contributed by atoms with van der Waals surface area (Å²) in [5, 5.41) is 14.0. The van der Waals surface area contributed by atoms with Crippen LogP contribution < -0.4 is 0 Å².